The summed E-state index contributed by atoms with van der Waals surface area (Å²) in [6.45, 7) is 0.678. The second kappa shape index (κ2) is 5.09. The summed E-state index contributed by atoms with van der Waals surface area (Å²) >= 11 is 0. The second-order valence-corrected chi connectivity index (χ2v) is 4.22. The van der Waals surface area contributed by atoms with E-state index in [4.69, 9.17) is 0 Å². The van der Waals surface area contributed by atoms with Crippen LogP contribution in [0.3, 0.4) is 0 Å². The van der Waals surface area contributed by atoms with Crippen molar-refractivity contribution in [3.05, 3.63) is 24.3 Å². The Labute approximate surface area is 102 Å². The molecule has 2 heterocycles. The monoisotopic (exact) mass is 263 g/mol. The minimum Gasteiger partial charge on any atom is -0.369 e. The first-order valence-corrected chi connectivity index (χ1v) is 5.60. The van der Waals surface area contributed by atoms with Gasteiger partial charge in [-0.25, -0.2) is 4.98 Å². The number of nitrogens with zero attached hydrogens (tertiary/aromatic N) is 3. The van der Waals surface area contributed by atoms with Crippen LogP contribution in [0.25, 0.3) is 0 Å². The maximum Gasteiger partial charge on any atom is 0.401 e. The van der Waals surface area contributed by atoms with Gasteiger partial charge in [0.05, 0.1) is 6.54 Å². The quantitative estimate of drug-likeness (QED) is 0.600. The number of piperazine rings is 1. The van der Waals surface area contributed by atoms with Gasteiger partial charge in [0.2, 0.25) is 5.95 Å². The Balaban J connectivity index is 1.91. The average molecular weight is 263 g/mol. The molecule has 0 atom stereocenters. The van der Waals surface area contributed by atoms with E-state index in [1.165, 1.54) is 17.2 Å². The van der Waals surface area contributed by atoms with Gasteiger partial charge in [0.25, 0.3) is 0 Å². The Kier molecular flexibility index (Phi) is 3.70. The molecular weight excluding hydrogens is 250 g/mol. The third-order valence-electron chi connectivity index (χ3n) is 2.85. The maximum absolute atomic E-state index is 12.9. The van der Waals surface area contributed by atoms with Crippen LogP contribution in [0.4, 0.5) is 23.2 Å². The van der Waals surface area contributed by atoms with Gasteiger partial charge in [-0.1, -0.05) is 0 Å². The molecule has 0 amide bonds. The zero-order chi connectivity index (χ0) is 13.2. The van der Waals surface area contributed by atoms with Crippen molar-refractivity contribution >= 4 is 5.69 Å². The fraction of sp³-hybridized carbons (Fsp3) is 0.545. The molecule has 0 N–H and O–H groups in total. The van der Waals surface area contributed by atoms with Crippen molar-refractivity contribution in [2.24, 2.45) is 0 Å². The lowest BCUT2D eigenvalue weighted by molar-refractivity contribution is -0.146. The molecule has 1 aliphatic rings. The van der Waals surface area contributed by atoms with Crippen molar-refractivity contribution in [1.29, 1.82) is 0 Å². The van der Waals surface area contributed by atoms with Crippen molar-refractivity contribution < 1.29 is 17.6 Å². The van der Waals surface area contributed by atoms with E-state index in [1.807, 2.05) is 4.90 Å². The summed E-state index contributed by atoms with van der Waals surface area (Å²) in [4.78, 5) is 6.66. The first kappa shape index (κ1) is 13.1. The van der Waals surface area contributed by atoms with E-state index in [-0.39, 0.29) is 0 Å². The third kappa shape index (κ3) is 3.56. The molecule has 0 saturated carbocycles. The highest BCUT2D eigenvalue weighted by atomic mass is 19.4. The van der Waals surface area contributed by atoms with Gasteiger partial charge in [0.15, 0.2) is 0 Å². The molecule has 0 aliphatic carbocycles. The highest BCUT2D eigenvalue weighted by Gasteiger charge is 2.32. The lowest BCUT2D eigenvalue weighted by Gasteiger charge is -2.36. The molecule has 1 aliphatic heterocycles. The van der Waals surface area contributed by atoms with Crippen LogP contribution in [0.2, 0.25) is 0 Å². The summed E-state index contributed by atoms with van der Waals surface area (Å²) < 4.78 is 49.5. The van der Waals surface area contributed by atoms with E-state index in [0.29, 0.717) is 31.9 Å². The molecule has 18 heavy (non-hydrogen) atoms. The maximum atomic E-state index is 12.9. The summed E-state index contributed by atoms with van der Waals surface area (Å²) in [6, 6.07) is 2.95. The van der Waals surface area contributed by atoms with Gasteiger partial charge in [-0.15, -0.1) is 0 Å². The number of anilines is 1. The fourth-order valence-electron chi connectivity index (χ4n) is 2.01. The standard InChI is InChI=1S/C11H13F4N3/c12-10-7-9(1-2-16-10)18-5-3-17(4-6-18)8-11(13,14)15/h1-2,7H,3-6,8H2. The van der Waals surface area contributed by atoms with E-state index >= 15 is 0 Å². The molecule has 1 saturated heterocycles. The fourth-order valence-corrected chi connectivity index (χ4v) is 2.01. The van der Waals surface area contributed by atoms with Crippen molar-refractivity contribution in [1.82, 2.24) is 9.88 Å². The van der Waals surface area contributed by atoms with E-state index in [2.05, 4.69) is 4.98 Å². The van der Waals surface area contributed by atoms with E-state index < -0.39 is 18.7 Å². The van der Waals surface area contributed by atoms with Crippen LogP contribution in [-0.2, 0) is 0 Å². The van der Waals surface area contributed by atoms with Gasteiger partial charge in [0.1, 0.15) is 0 Å². The number of hydrogen-bond acceptors (Lipinski definition) is 3. The van der Waals surface area contributed by atoms with Crippen LogP contribution in [0.15, 0.2) is 18.3 Å². The highest BCUT2D eigenvalue weighted by molar-refractivity contribution is 5.45. The molecule has 3 nitrogen and oxygen atoms in total. The van der Waals surface area contributed by atoms with Gasteiger partial charge in [-0.05, 0) is 6.07 Å². The summed E-state index contributed by atoms with van der Waals surface area (Å²) in [5.74, 6) is -0.578. The van der Waals surface area contributed by atoms with Crippen molar-refractivity contribution in [2.75, 3.05) is 37.6 Å². The summed E-state index contributed by atoms with van der Waals surface area (Å²) in [5.41, 5.74) is 0.661. The van der Waals surface area contributed by atoms with Gasteiger partial charge < -0.3 is 4.90 Å². The molecule has 0 spiro atoms. The molecule has 100 valence electrons. The molecule has 0 unspecified atom stereocenters. The van der Waals surface area contributed by atoms with Crippen LogP contribution in [0, 0.1) is 5.95 Å². The van der Waals surface area contributed by atoms with Crippen LogP contribution < -0.4 is 4.90 Å². The largest absolute Gasteiger partial charge is 0.401 e. The molecule has 1 aromatic heterocycles. The molecule has 7 heteroatoms. The number of alkyl halides is 3. The highest BCUT2D eigenvalue weighted by Crippen LogP contribution is 2.20. The Hall–Kier alpha value is -1.37. The molecule has 1 fully saturated rings. The number of halogens is 4. The zero-order valence-electron chi connectivity index (χ0n) is 9.62. The first-order chi connectivity index (χ1) is 8.44. The molecule has 2 rings (SSSR count). The van der Waals surface area contributed by atoms with Gasteiger partial charge in [-0.2, -0.15) is 17.6 Å². The summed E-state index contributed by atoms with van der Waals surface area (Å²) in [7, 11) is 0. The van der Waals surface area contributed by atoms with E-state index in [1.54, 1.807) is 6.07 Å². The predicted octanol–water partition coefficient (Wildman–Crippen LogP) is 1.91. The Morgan fingerprint density at radius 1 is 1.17 bits per heavy atom. The van der Waals surface area contributed by atoms with Crippen LogP contribution in [0.5, 0.6) is 0 Å². The van der Waals surface area contributed by atoms with Crippen molar-refractivity contribution in [2.45, 2.75) is 6.18 Å². The lowest BCUT2D eigenvalue weighted by Crippen LogP contribution is -2.49. The number of rotatable bonds is 2. The van der Waals surface area contributed by atoms with Gasteiger partial charge in [0, 0.05) is 44.1 Å². The third-order valence-corrected chi connectivity index (χ3v) is 2.85. The molecule has 1 aromatic rings. The van der Waals surface area contributed by atoms with Crippen LogP contribution in [0.1, 0.15) is 0 Å². The Morgan fingerprint density at radius 3 is 2.39 bits per heavy atom. The normalized spacial score (nSPS) is 18.1. The molecular formula is C11H13F4N3. The summed E-state index contributed by atoms with van der Waals surface area (Å²) in [5, 5.41) is 0. The SMILES string of the molecule is Fc1cc(N2CCN(CC(F)(F)F)CC2)ccn1. The number of hydrogen-bond donors (Lipinski definition) is 0. The van der Waals surface area contributed by atoms with Crippen LogP contribution in [-0.4, -0.2) is 48.8 Å². The Morgan fingerprint density at radius 2 is 1.83 bits per heavy atom. The average Bonchev–Trinajstić information content (AvgIpc) is 2.28. The molecule has 0 bridgehead atoms. The summed E-state index contributed by atoms with van der Waals surface area (Å²) in [6.07, 6.45) is -2.81. The van der Waals surface area contributed by atoms with E-state index in [9.17, 15) is 17.6 Å². The number of aromatic nitrogens is 1. The lowest BCUT2D eigenvalue weighted by atomic mass is 10.2. The molecule has 0 radical (unpaired) electrons. The first-order valence-electron chi connectivity index (χ1n) is 5.60. The minimum absolute atomic E-state index is 0.323. The van der Waals surface area contributed by atoms with Gasteiger partial charge in [-0.3, -0.25) is 4.90 Å². The number of pyridine rings is 1. The minimum atomic E-state index is -4.16. The van der Waals surface area contributed by atoms with Gasteiger partial charge >= 0.3 is 6.18 Å². The predicted molar refractivity (Wildman–Crippen MR) is 58.9 cm³/mol. The zero-order valence-corrected chi connectivity index (χ0v) is 9.62. The second-order valence-electron chi connectivity index (χ2n) is 4.22. The molecule has 0 aromatic carbocycles. The van der Waals surface area contributed by atoms with Crippen molar-refractivity contribution in [3.8, 4) is 0 Å². The Bertz CT molecular complexity index is 400. The van der Waals surface area contributed by atoms with Crippen molar-refractivity contribution in [3.63, 3.8) is 0 Å². The smallest absolute Gasteiger partial charge is 0.369 e. The van der Waals surface area contributed by atoms with E-state index in [0.717, 1.165) is 0 Å². The van der Waals surface area contributed by atoms with Crippen LogP contribution >= 0.6 is 0 Å². The topological polar surface area (TPSA) is 19.4 Å².